The van der Waals surface area contributed by atoms with Gasteiger partial charge in [-0.25, -0.2) is 8.78 Å². The van der Waals surface area contributed by atoms with E-state index in [2.05, 4.69) is 0 Å². The minimum atomic E-state index is -2.65. The van der Waals surface area contributed by atoms with Crippen LogP contribution in [-0.2, 0) is 0 Å². The molecular weight excluding hydrogens is 126 g/mol. The van der Waals surface area contributed by atoms with Crippen LogP contribution in [0.3, 0.4) is 0 Å². The second-order valence-corrected chi connectivity index (χ2v) is 1.93. The Bertz CT molecular complexity index is 67.4. The van der Waals surface area contributed by atoms with Crippen molar-refractivity contribution in [2.45, 2.75) is 18.8 Å². The minimum Gasteiger partial charge on any atom is -0.330 e. The maximum atomic E-state index is 12.3. The molecule has 0 saturated carbocycles. The van der Waals surface area contributed by atoms with Gasteiger partial charge in [-0.1, -0.05) is 0 Å². The van der Waals surface area contributed by atoms with E-state index in [1.165, 1.54) is 0 Å². The molecule has 4 N–H and O–H groups in total. The van der Waals surface area contributed by atoms with Gasteiger partial charge >= 0.3 is 0 Å². The van der Waals surface area contributed by atoms with Gasteiger partial charge in [0.25, 0.3) is 5.92 Å². The molecule has 0 atom stereocenters. The van der Waals surface area contributed by atoms with Crippen LogP contribution < -0.4 is 11.5 Å². The van der Waals surface area contributed by atoms with Crippen molar-refractivity contribution in [2.24, 2.45) is 11.5 Å². The lowest BCUT2D eigenvalue weighted by atomic mass is 10.2. The molecule has 0 heterocycles. The van der Waals surface area contributed by atoms with Gasteiger partial charge in [0.15, 0.2) is 0 Å². The molecule has 0 radical (unpaired) electrons. The Kier molecular flexibility index (Phi) is 3.65. The number of hydrogen-bond donors (Lipinski definition) is 2. The molecule has 0 bridgehead atoms. The molecule has 0 aliphatic carbocycles. The number of halogens is 2. The quantitative estimate of drug-likeness (QED) is 0.587. The first-order valence-corrected chi connectivity index (χ1v) is 2.90. The van der Waals surface area contributed by atoms with Gasteiger partial charge in [-0.3, -0.25) is 0 Å². The average Bonchev–Trinajstić information content (AvgIpc) is 1.64. The van der Waals surface area contributed by atoms with Gasteiger partial charge in [-0.05, 0) is 13.1 Å². The van der Waals surface area contributed by atoms with Crippen molar-refractivity contribution in [1.82, 2.24) is 0 Å². The fourth-order valence-corrected chi connectivity index (χ4v) is 0.547. The predicted octanol–water partition coefficient (Wildman–Crippen LogP) is 0.319. The topological polar surface area (TPSA) is 52.0 Å². The molecule has 9 heavy (non-hydrogen) atoms. The fraction of sp³-hybridized carbons (Fsp3) is 1.00. The van der Waals surface area contributed by atoms with Crippen LogP contribution in [0.1, 0.15) is 12.8 Å². The summed E-state index contributed by atoms with van der Waals surface area (Å²) >= 11 is 0. The van der Waals surface area contributed by atoms with E-state index < -0.39 is 5.92 Å². The Hall–Kier alpha value is -0.220. The average molecular weight is 138 g/mol. The van der Waals surface area contributed by atoms with Crippen molar-refractivity contribution in [3.8, 4) is 0 Å². The van der Waals surface area contributed by atoms with Crippen LogP contribution in [0.2, 0.25) is 0 Å². The smallest absolute Gasteiger partial charge is 0.250 e. The Morgan fingerprint density at radius 3 is 1.56 bits per heavy atom. The summed E-state index contributed by atoms with van der Waals surface area (Å²) in [6, 6.07) is 0. The number of rotatable bonds is 4. The highest BCUT2D eigenvalue weighted by atomic mass is 19.3. The van der Waals surface area contributed by atoms with E-state index in [1.807, 2.05) is 0 Å². The van der Waals surface area contributed by atoms with Crippen molar-refractivity contribution < 1.29 is 8.78 Å². The van der Waals surface area contributed by atoms with Crippen LogP contribution in [0.5, 0.6) is 0 Å². The Morgan fingerprint density at radius 2 is 1.33 bits per heavy atom. The van der Waals surface area contributed by atoms with E-state index in [9.17, 15) is 8.78 Å². The van der Waals surface area contributed by atoms with Crippen molar-refractivity contribution in [3.63, 3.8) is 0 Å². The monoisotopic (exact) mass is 138 g/mol. The zero-order valence-electron chi connectivity index (χ0n) is 5.24. The van der Waals surface area contributed by atoms with Gasteiger partial charge in [-0.2, -0.15) is 0 Å². The lowest BCUT2D eigenvalue weighted by Crippen LogP contribution is -2.24. The summed E-state index contributed by atoms with van der Waals surface area (Å²) in [5.41, 5.74) is 9.85. The molecule has 0 unspecified atom stereocenters. The third-order valence-corrected chi connectivity index (χ3v) is 1.02. The van der Waals surface area contributed by atoms with Crippen LogP contribution in [0.15, 0.2) is 0 Å². The summed E-state index contributed by atoms with van der Waals surface area (Å²) in [6.07, 6.45) is -0.519. The molecule has 0 rings (SSSR count). The predicted molar refractivity (Wildman–Crippen MR) is 32.3 cm³/mol. The Balaban J connectivity index is 3.43. The second kappa shape index (κ2) is 3.74. The van der Waals surface area contributed by atoms with Crippen LogP contribution >= 0.6 is 0 Å². The lowest BCUT2D eigenvalue weighted by molar-refractivity contribution is -0.0110. The van der Waals surface area contributed by atoms with Gasteiger partial charge in [0.05, 0.1) is 0 Å². The SMILES string of the molecule is NCCC(F)(F)CCN. The third-order valence-electron chi connectivity index (χ3n) is 1.02. The van der Waals surface area contributed by atoms with Gasteiger partial charge in [0.2, 0.25) is 0 Å². The first-order valence-electron chi connectivity index (χ1n) is 2.90. The highest BCUT2D eigenvalue weighted by Gasteiger charge is 2.25. The highest BCUT2D eigenvalue weighted by Crippen LogP contribution is 2.20. The minimum absolute atomic E-state index is 0.0208. The molecule has 0 aromatic rings. The summed E-state index contributed by atoms with van der Waals surface area (Å²) in [5, 5.41) is 0. The van der Waals surface area contributed by atoms with E-state index in [-0.39, 0.29) is 25.9 Å². The molecule has 0 spiro atoms. The summed E-state index contributed by atoms with van der Waals surface area (Å²) in [4.78, 5) is 0. The second-order valence-electron chi connectivity index (χ2n) is 1.93. The largest absolute Gasteiger partial charge is 0.330 e. The van der Waals surface area contributed by atoms with Crippen LogP contribution in [0, 0.1) is 0 Å². The van der Waals surface area contributed by atoms with Gasteiger partial charge in [0, 0.05) is 12.8 Å². The number of nitrogens with two attached hydrogens (primary N) is 2. The number of hydrogen-bond acceptors (Lipinski definition) is 2. The first kappa shape index (κ1) is 8.78. The molecular formula is C5H12F2N2. The maximum Gasteiger partial charge on any atom is 0.250 e. The molecule has 4 heteroatoms. The zero-order valence-corrected chi connectivity index (χ0v) is 5.24. The molecule has 56 valence electrons. The van der Waals surface area contributed by atoms with Crippen LogP contribution in [-0.4, -0.2) is 19.0 Å². The number of alkyl halides is 2. The summed E-state index contributed by atoms with van der Waals surface area (Å²) in [7, 11) is 0. The van der Waals surface area contributed by atoms with E-state index in [4.69, 9.17) is 11.5 Å². The molecule has 0 aliphatic rings. The van der Waals surface area contributed by atoms with Crippen molar-refractivity contribution in [2.75, 3.05) is 13.1 Å². The molecule has 0 aliphatic heterocycles. The molecule has 0 aromatic heterocycles. The molecule has 0 amide bonds. The van der Waals surface area contributed by atoms with Gasteiger partial charge in [0.1, 0.15) is 0 Å². The Labute approximate surface area is 53.2 Å². The first-order chi connectivity index (χ1) is 4.12. The third kappa shape index (κ3) is 4.29. The molecule has 2 nitrogen and oxygen atoms in total. The van der Waals surface area contributed by atoms with E-state index >= 15 is 0 Å². The van der Waals surface area contributed by atoms with E-state index in [0.717, 1.165) is 0 Å². The van der Waals surface area contributed by atoms with E-state index in [0.29, 0.717) is 0 Å². The standard InChI is InChI=1S/C5H12F2N2/c6-5(7,1-3-8)2-4-9/h1-4,8-9H2. The fourth-order valence-electron chi connectivity index (χ4n) is 0.547. The van der Waals surface area contributed by atoms with Crippen molar-refractivity contribution >= 4 is 0 Å². The van der Waals surface area contributed by atoms with Gasteiger partial charge in [-0.15, -0.1) is 0 Å². The molecule has 0 fully saturated rings. The molecule has 0 saturated heterocycles. The summed E-state index contributed by atoms with van der Waals surface area (Å²) in [6.45, 7) is 0.0417. The van der Waals surface area contributed by atoms with Crippen molar-refractivity contribution in [3.05, 3.63) is 0 Å². The van der Waals surface area contributed by atoms with Crippen LogP contribution in [0.25, 0.3) is 0 Å². The van der Waals surface area contributed by atoms with Crippen LogP contribution in [0.4, 0.5) is 8.78 Å². The lowest BCUT2D eigenvalue weighted by Gasteiger charge is -2.12. The molecule has 0 aromatic carbocycles. The highest BCUT2D eigenvalue weighted by molar-refractivity contribution is 4.66. The van der Waals surface area contributed by atoms with Crippen molar-refractivity contribution in [1.29, 1.82) is 0 Å². The van der Waals surface area contributed by atoms with E-state index in [1.54, 1.807) is 0 Å². The summed E-state index contributed by atoms with van der Waals surface area (Å²) in [5.74, 6) is -2.65. The normalized spacial score (nSPS) is 12.0. The maximum absolute atomic E-state index is 12.3. The summed E-state index contributed by atoms with van der Waals surface area (Å²) < 4.78 is 24.5. The van der Waals surface area contributed by atoms with Gasteiger partial charge < -0.3 is 11.5 Å². The zero-order chi connectivity index (χ0) is 7.33. The Morgan fingerprint density at radius 1 is 1.00 bits per heavy atom.